The molecule has 10 heavy (non-hydrogen) atoms. The SMILES string of the molecule is O=P([O-])([O-])OP(=O)([O-])[O-].[Mn]. The Morgan fingerprint density at radius 1 is 0.900 bits per heavy atom. The molecule has 1 radical (unpaired) electrons. The van der Waals surface area contributed by atoms with E-state index >= 15 is 0 Å². The maximum atomic E-state index is 9.32. The molecule has 0 saturated carbocycles. The van der Waals surface area contributed by atoms with Gasteiger partial charge in [0.05, 0.1) is 15.6 Å². The van der Waals surface area contributed by atoms with Gasteiger partial charge in [-0.25, -0.2) is 0 Å². The van der Waals surface area contributed by atoms with Gasteiger partial charge >= 0.3 is 0 Å². The summed E-state index contributed by atoms with van der Waals surface area (Å²) in [5.41, 5.74) is 0. The van der Waals surface area contributed by atoms with Gasteiger partial charge in [-0.05, 0) is 0 Å². The number of phosphoric acid groups is 2. The van der Waals surface area contributed by atoms with Gasteiger partial charge in [0.15, 0.2) is 0 Å². The Balaban J connectivity index is 0. The first-order valence-electron chi connectivity index (χ1n) is 1.46. The number of hydrogen-bond donors (Lipinski definition) is 0. The first-order chi connectivity index (χ1) is 3.71. The van der Waals surface area contributed by atoms with Crippen LogP contribution in [0.4, 0.5) is 0 Å². The van der Waals surface area contributed by atoms with E-state index in [1.54, 1.807) is 0 Å². The zero-order valence-electron chi connectivity index (χ0n) is 4.13. The Morgan fingerprint density at radius 2 is 1.10 bits per heavy atom. The van der Waals surface area contributed by atoms with E-state index in [0.717, 1.165) is 0 Å². The zero-order chi connectivity index (χ0) is 7.71. The van der Waals surface area contributed by atoms with Crippen LogP contribution in [-0.2, 0) is 30.5 Å². The second-order valence-electron chi connectivity index (χ2n) is 0.976. The van der Waals surface area contributed by atoms with E-state index < -0.39 is 15.6 Å². The summed E-state index contributed by atoms with van der Waals surface area (Å²) >= 11 is 0. The molecule has 0 saturated heterocycles. The molecule has 0 atom stereocenters. The fourth-order valence-corrected chi connectivity index (χ4v) is 1.10. The van der Waals surface area contributed by atoms with Crippen LogP contribution in [0.3, 0.4) is 0 Å². The van der Waals surface area contributed by atoms with Crippen molar-refractivity contribution in [3.05, 3.63) is 0 Å². The first-order valence-corrected chi connectivity index (χ1v) is 4.38. The molecule has 0 amide bonds. The summed E-state index contributed by atoms with van der Waals surface area (Å²) in [6.45, 7) is 0. The molecule has 0 aliphatic carbocycles. The van der Waals surface area contributed by atoms with E-state index in [0.29, 0.717) is 0 Å². The summed E-state index contributed by atoms with van der Waals surface area (Å²) in [6, 6.07) is 0. The van der Waals surface area contributed by atoms with Crippen molar-refractivity contribution in [2.24, 2.45) is 0 Å². The summed E-state index contributed by atoms with van der Waals surface area (Å²) in [5, 5.41) is 0. The van der Waals surface area contributed by atoms with Crippen LogP contribution in [0.15, 0.2) is 0 Å². The average Bonchev–Trinajstić information content (AvgIpc) is 1.14. The van der Waals surface area contributed by atoms with Crippen LogP contribution in [0.1, 0.15) is 0 Å². The minimum absolute atomic E-state index is 0. The molecule has 0 aromatic heterocycles. The van der Waals surface area contributed by atoms with Crippen molar-refractivity contribution in [2.45, 2.75) is 0 Å². The van der Waals surface area contributed by atoms with Crippen LogP contribution >= 0.6 is 15.6 Å². The first kappa shape index (κ1) is 13.4. The van der Waals surface area contributed by atoms with Crippen molar-refractivity contribution in [1.29, 1.82) is 0 Å². The molecule has 0 rings (SSSR count). The van der Waals surface area contributed by atoms with Crippen LogP contribution in [-0.4, -0.2) is 0 Å². The Kier molecular flexibility index (Phi) is 5.31. The van der Waals surface area contributed by atoms with Crippen molar-refractivity contribution in [2.75, 3.05) is 0 Å². The molecule has 0 spiro atoms. The molecule has 0 unspecified atom stereocenters. The van der Waals surface area contributed by atoms with Crippen LogP contribution in [0.5, 0.6) is 0 Å². The van der Waals surface area contributed by atoms with Crippen LogP contribution in [0, 0.1) is 0 Å². The van der Waals surface area contributed by atoms with E-state index in [1.165, 1.54) is 0 Å². The third-order valence-corrected chi connectivity index (χ3v) is 1.80. The minimum atomic E-state index is -5.68. The van der Waals surface area contributed by atoms with Crippen molar-refractivity contribution in [3.8, 4) is 0 Å². The fourth-order valence-electron chi connectivity index (χ4n) is 0.122. The van der Waals surface area contributed by atoms with E-state index in [4.69, 9.17) is 0 Å². The molecule has 0 N–H and O–H groups in total. The van der Waals surface area contributed by atoms with Gasteiger partial charge in [-0.15, -0.1) is 0 Å². The summed E-state index contributed by atoms with van der Waals surface area (Å²) in [5.74, 6) is 0. The van der Waals surface area contributed by atoms with Gasteiger partial charge in [-0.3, -0.25) is 0 Å². The van der Waals surface area contributed by atoms with Crippen molar-refractivity contribution < 1.29 is 50.1 Å². The van der Waals surface area contributed by atoms with Crippen LogP contribution < -0.4 is 19.6 Å². The Morgan fingerprint density at radius 3 is 1.10 bits per heavy atom. The van der Waals surface area contributed by atoms with Gasteiger partial charge in [0.25, 0.3) is 0 Å². The molecule has 63 valence electrons. The second-order valence-corrected chi connectivity index (χ2v) is 3.42. The summed E-state index contributed by atoms with van der Waals surface area (Å²) in [7, 11) is -11.4. The predicted molar refractivity (Wildman–Crippen MR) is 16.3 cm³/mol. The molecule has 0 aromatic rings. The van der Waals surface area contributed by atoms with Gasteiger partial charge in [0, 0.05) is 17.1 Å². The van der Waals surface area contributed by atoms with Gasteiger partial charge < -0.3 is 33.0 Å². The maximum Gasteiger partial charge on any atom is 0.0655 e. The van der Waals surface area contributed by atoms with Crippen LogP contribution in [0.2, 0.25) is 0 Å². The smallest absolute Gasteiger partial charge is 0.0655 e. The van der Waals surface area contributed by atoms with Crippen molar-refractivity contribution in [1.82, 2.24) is 0 Å². The molecule has 0 aliphatic rings. The van der Waals surface area contributed by atoms with Crippen molar-refractivity contribution >= 4 is 15.6 Å². The molecular weight excluding hydrogens is 229 g/mol. The average molecular weight is 229 g/mol. The maximum absolute atomic E-state index is 9.32. The molecule has 0 fully saturated rings. The topological polar surface area (TPSA) is 136 Å². The van der Waals surface area contributed by atoms with E-state index in [-0.39, 0.29) is 17.1 Å². The third-order valence-electron chi connectivity index (χ3n) is 0.200. The quantitative estimate of drug-likeness (QED) is 0.356. The zero-order valence-corrected chi connectivity index (χ0v) is 7.10. The van der Waals surface area contributed by atoms with Gasteiger partial charge in [0.2, 0.25) is 0 Å². The predicted octanol–water partition coefficient (Wildman–Crippen LogP) is -3.34. The monoisotopic (exact) mass is 229 g/mol. The Labute approximate surface area is 66.4 Å². The fraction of sp³-hybridized carbons (Fsp3) is 0. The van der Waals surface area contributed by atoms with E-state index in [2.05, 4.69) is 4.31 Å². The molecule has 0 heterocycles. The molecule has 0 aromatic carbocycles. The Bertz CT molecular complexity index is 152. The molecular formula is MnO7P2-4. The second kappa shape index (κ2) is 3.97. The third kappa shape index (κ3) is 11.6. The summed E-state index contributed by atoms with van der Waals surface area (Å²) < 4.78 is 21.2. The molecule has 0 aliphatic heterocycles. The van der Waals surface area contributed by atoms with Gasteiger partial charge in [-0.1, -0.05) is 0 Å². The van der Waals surface area contributed by atoms with E-state index in [1.807, 2.05) is 0 Å². The normalized spacial score (nSPS) is 12.4. The molecule has 0 bridgehead atoms. The van der Waals surface area contributed by atoms with E-state index in [9.17, 15) is 28.7 Å². The number of rotatable bonds is 2. The van der Waals surface area contributed by atoms with Gasteiger partial charge in [0.1, 0.15) is 0 Å². The summed E-state index contributed by atoms with van der Waals surface area (Å²) in [6.07, 6.45) is 0. The standard InChI is InChI=1S/Mn.H4O7P2/c;1-8(2,3)7-9(4,5)6/h;(H2,1,2,3)(H2,4,5,6)/p-4. The van der Waals surface area contributed by atoms with Crippen LogP contribution in [0.25, 0.3) is 0 Å². The molecule has 10 heteroatoms. The minimum Gasteiger partial charge on any atom is -0.790 e. The Hall–Kier alpha value is 0.779. The van der Waals surface area contributed by atoms with Crippen molar-refractivity contribution in [3.63, 3.8) is 0 Å². The number of hydrogen-bond acceptors (Lipinski definition) is 7. The largest absolute Gasteiger partial charge is 0.790 e. The van der Waals surface area contributed by atoms with Gasteiger partial charge in [-0.2, -0.15) is 0 Å². The molecule has 7 nitrogen and oxygen atoms in total. The summed E-state index contributed by atoms with van der Waals surface area (Å²) in [4.78, 5) is 37.3.